The fraction of sp³-hybridized carbons (Fsp3) is 0.562. The van der Waals surface area contributed by atoms with Gasteiger partial charge < -0.3 is 15.7 Å². The van der Waals surface area contributed by atoms with Gasteiger partial charge in [0.25, 0.3) is 0 Å². The van der Waals surface area contributed by atoms with Crippen LogP contribution < -0.4 is 10.6 Å². The lowest BCUT2D eigenvalue weighted by atomic mass is 9.87. The van der Waals surface area contributed by atoms with E-state index in [-0.39, 0.29) is 18.7 Å². The van der Waals surface area contributed by atoms with Gasteiger partial charge in [0.15, 0.2) is 0 Å². The van der Waals surface area contributed by atoms with Crippen molar-refractivity contribution in [2.24, 2.45) is 5.92 Å². The molecule has 2 rings (SSSR count). The van der Waals surface area contributed by atoms with Gasteiger partial charge in [-0.05, 0) is 62.6 Å². The molecule has 0 radical (unpaired) electrons. The zero-order chi connectivity index (χ0) is 14.5. The molecule has 1 aromatic rings. The molecule has 1 aliphatic rings. The second-order valence-corrected chi connectivity index (χ2v) is 5.82. The van der Waals surface area contributed by atoms with E-state index in [4.69, 9.17) is 5.11 Å². The van der Waals surface area contributed by atoms with E-state index in [1.54, 1.807) is 0 Å². The number of carbonyl (C=O) groups is 1. The third-order valence-corrected chi connectivity index (χ3v) is 4.08. The molecule has 1 aromatic carbocycles. The predicted octanol–water partition coefficient (Wildman–Crippen LogP) is 2.98. The number of amides is 2. The molecule has 0 unspecified atom stereocenters. The molecular weight excluding hydrogens is 252 g/mol. The topological polar surface area (TPSA) is 61.4 Å². The van der Waals surface area contributed by atoms with Gasteiger partial charge in [0.05, 0.1) is 0 Å². The molecule has 0 spiro atoms. The van der Waals surface area contributed by atoms with Crippen molar-refractivity contribution >= 4 is 11.7 Å². The maximum atomic E-state index is 12.0. The maximum absolute atomic E-state index is 12.0. The molecule has 0 bridgehead atoms. The lowest BCUT2D eigenvalue weighted by Gasteiger charge is -2.28. The Morgan fingerprint density at radius 2 is 1.95 bits per heavy atom. The molecule has 4 heteroatoms. The van der Waals surface area contributed by atoms with Gasteiger partial charge in [-0.15, -0.1) is 0 Å². The molecule has 3 N–H and O–H groups in total. The number of aliphatic hydroxyl groups excluding tert-OH is 1. The molecule has 0 heterocycles. The van der Waals surface area contributed by atoms with E-state index in [0.29, 0.717) is 5.92 Å². The largest absolute Gasteiger partial charge is 0.396 e. The monoisotopic (exact) mass is 276 g/mol. The minimum Gasteiger partial charge on any atom is -0.396 e. The highest BCUT2D eigenvalue weighted by Crippen LogP contribution is 2.24. The van der Waals surface area contributed by atoms with Crippen LogP contribution in [0.3, 0.4) is 0 Å². The van der Waals surface area contributed by atoms with Gasteiger partial charge in [0.2, 0.25) is 0 Å². The molecule has 2 amide bonds. The fourth-order valence-corrected chi connectivity index (χ4v) is 2.70. The Kier molecular flexibility index (Phi) is 5.01. The normalized spacial score (nSPS) is 22.4. The second-order valence-electron chi connectivity index (χ2n) is 5.82. The highest BCUT2D eigenvalue weighted by atomic mass is 16.3. The molecule has 4 nitrogen and oxygen atoms in total. The first-order chi connectivity index (χ1) is 9.58. The van der Waals surface area contributed by atoms with Gasteiger partial charge in [0.1, 0.15) is 0 Å². The molecule has 110 valence electrons. The van der Waals surface area contributed by atoms with Gasteiger partial charge in [-0.2, -0.15) is 0 Å². The van der Waals surface area contributed by atoms with Gasteiger partial charge >= 0.3 is 6.03 Å². The highest BCUT2D eigenvalue weighted by Gasteiger charge is 2.21. The van der Waals surface area contributed by atoms with Gasteiger partial charge in [-0.3, -0.25) is 0 Å². The van der Waals surface area contributed by atoms with Gasteiger partial charge in [0, 0.05) is 18.3 Å². The first-order valence-electron chi connectivity index (χ1n) is 7.34. The van der Waals surface area contributed by atoms with Crippen molar-refractivity contribution < 1.29 is 9.90 Å². The van der Waals surface area contributed by atoms with E-state index in [1.165, 1.54) is 0 Å². The number of aliphatic hydroxyl groups is 1. The average molecular weight is 276 g/mol. The summed E-state index contributed by atoms with van der Waals surface area (Å²) >= 11 is 0. The number of urea groups is 1. The van der Waals surface area contributed by atoms with Crippen LogP contribution in [0.4, 0.5) is 10.5 Å². The number of benzene rings is 1. The van der Waals surface area contributed by atoms with E-state index in [1.807, 2.05) is 32.0 Å². The molecule has 20 heavy (non-hydrogen) atoms. The van der Waals surface area contributed by atoms with E-state index in [0.717, 1.165) is 42.5 Å². The number of aryl methyl sites for hydroxylation is 2. The second kappa shape index (κ2) is 6.75. The Morgan fingerprint density at radius 1 is 1.25 bits per heavy atom. The quantitative estimate of drug-likeness (QED) is 0.795. The number of hydrogen-bond donors (Lipinski definition) is 3. The van der Waals surface area contributed by atoms with Crippen molar-refractivity contribution in [1.29, 1.82) is 0 Å². The molecular formula is C16H24N2O2. The minimum atomic E-state index is -0.133. The van der Waals surface area contributed by atoms with E-state index < -0.39 is 0 Å². The maximum Gasteiger partial charge on any atom is 0.319 e. The third kappa shape index (κ3) is 3.97. The molecule has 1 aliphatic carbocycles. The van der Waals surface area contributed by atoms with Crippen LogP contribution in [0.1, 0.15) is 36.8 Å². The van der Waals surface area contributed by atoms with E-state index in [2.05, 4.69) is 10.6 Å². The molecule has 0 aliphatic heterocycles. The van der Waals surface area contributed by atoms with Gasteiger partial charge in [-0.25, -0.2) is 4.79 Å². The summed E-state index contributed by atoms with van der Waals surface area (Å²) in [7, 11) is 0. The summed E-state index contributed by atoms with van der Waals surface area (Å²) < 4.78 is 0. The summed E-state index contributed by atoms with van der Waals surface area (Å²) in [5, 5.41) is 15.1. The zero-order valence-corrected chi connectivity index (χ0v) is 12.3. The number of rotatable bonds is 3. The first-order valence-corrected chi connectivity index (χ1v) is 7.34. The first kappa shape index (κ1) is 14.9. The standard InChI is InChI=1S/C16H24N2O2/c1-11-3-4-12(2)15(9-11)18-16(20)17-14-7-5-13(10-19)6-8-14/h3-4,9,13-14,19H,5-8,10H2,1-2H3,(H2,17,18,20). The molecule has 0 saturated heterocycles. The summed E-state index contributed by atoms with van der Waals surface area (Å²) in [4.78, 5) is 12.0. The summed E-state index contributed by atoms with van der Waals surface area (Å²) in [6.45, 7) is 4.27. The van der Waals surface area contributed by atoms with E-state index in [9.17, 15) is 4.79 Å². The Bertz CT molecular complexity index is 466. The van der Waals surface area contributed by atoms with Crippen molar-refractivity contribution in [3.63, 3.8) is 0 Å². The average Bonchev–Trinajstić information content (AvgIpc) is 2.43. The molecule has 1 saturated carbocycles. The fourth-order valence-electron chi connectivity index (χ4n) is 2.70. The third-order valence-electron chi connectivity index (χ3n) is 4.08. The van der Waals surface area contributed by atoms with Crippen LogP contribution in [-0.4, -0.2) is 23.8 Å². The Morgan fingerprint density at radius 3 is 2.60 bits per heavy atom. The van der Waals surface area contributed by atoms with Crippen molar-refractivity contribution in [2.45, 2.75) is 45.6 Å². The smallest absolute Gasteiger partial charge is 0.319 e. The predicted molar refractivity (Wildman–Crippen MR) is 80.9 cm³/mol. The molecule has 1 fully saturated rings. The van der Waals surface area contributed by atoms with Crippen molar-refractivity contribution in [1.82, 2.24) is 5.32 Å². The van der Waals surface area contributed by atoms with Crippen LogP contribution in [0.25, 0.3) is 0 Å². The van der Waals surface area contributed by atoms with Crippen molar-refractivity contribution in [2.75, 3.05) is 11.9 Å². The van der Waals surface area contributed by atoms with Crippen LogP contribution in [-0.2, 0) is 0 Å². The lowest BCUT2D eigenvalue weighted by Crippen LogP contribution is -2.40. The zero-order valence-electron chi connectivity index (χ0n) is 12.3. The number of carbonyl (C=O) groups excluding carboxylic acids is 1. The summed E-state index contributed by atoms with van der Waals surface area (Å²) in [6, 6.07) is 6.12. The number of nitrogens with one attached hydrogen (secondary N) is 2. The van der Waals surface area contributed by atoms with Crippen LogP contribution in [0.5, 0.6) is 0 Å². The number of anilines is 1. The SMILES string of the molecule is Cc1ccc(C)c(NC(=O)NC2CCC(CO)CC2)c1. The van der Waals surface area contributed by atoms with Crippen molar-refractivity contribution in [3.05, 3.63) is 29.3 Å². The van der Waals surface area contributed by atoms with Crippen LogP contribution in [0.15, 0.2) is 18.2 Å². The van der Waals surface area contributed by atoms with Crippen LogP contribution >= 0.6 is 0 Å². The Labute approximate surface area is 120 Å². The molecule has 0 atom stereocenters. The number of hydrogen-bond acceptors (Lipinski definition) is 2. The summed E-state index contributed by atoms with van der Waals surface area (Å²) in [5.41, 5.74) is 3.07. The summed E-state index contributed by atoms with van der Waals surface area (Å²) in [6.07, 6.45) is 3.88. The van der Waals surface area contributed by atoms with E-state index >= 15 is 0 Å². The molecule has 0 aromatic heterocycles. The van der Waals surface area contributed by atoms with Crippen LogP contribution in [0.2, 0.25) is 0 Å². The lowest BCUT2D eigenvalue weighted by molar-refractivity contribution is 0.176. The van der Waals surface area contributed by atoms with Crippen molar-refractivity contribution in [3.8, 4) is 0 Å². The minimum absolute atomic E-state index is 0.133. The highest BCUT2D eigenvalue weighted by molar-refractivity contribution is 5.90. The Balaban J connectivity index is 1.85. The summed E-state index contributed by atoms with van der Waals surface area (Å²) in [5.74, 6) is 0.412. The Hall–Kier alpha value is -1.55. The van der Waals surface area contributed by atoms with Gasteiger partial charge in [-0.1, -0.05) is 12.1 Å². The van der Waals surface area contributed by atoms with Crippen LogP contribution in [0, 0.1) is 19.8 Å².